The summed E-state index contributed by atoms with van der Waals surface area (Å²) in [5.41, 5.74) is 2.55. The normalized spacial score (nSPS) is 26.6. The van der Waals surface area contributed by atoms with Gasteiger partial charge in [0.15, 0.2) is 11.5 Å². The highest BCUT2D eigenvalue weighted by Crippen LogP contribution is 2.45. The summed E-state index contributed by atoms with van der Waals surface area (Å²) in [6.07, 6.45) is 2.96. The molecule has 8 heteroatoms. The van der Waals surface area contributed by atoms with Crippen LogP contribution in [0.1, 0.15) is 56.7 Å². The Bertz CT molecular complexity index is 945. The Kier molecular flexibility index (Phi) is 7.45. The van der Waals surface area contributed by atoms with Crippen molar-refractivity contribution in [2.75, 3.05) is 33.9 Å². The van der Waals surface area contributed by atoms with Crippen LogP contribution >= 0.6 is 0 Å². The molecule has 4 atom stereocenters. The van der Waals surface area contributed by atoms with E-state index in [1.165, 1.54) is 11.1 Å². The van der Waals surface area contributed by atoms with Crippen LogP contribution in [-0.4, -0.2) is 56.6 Å². The van der Waals surface area contributed by atoms with Crippen LogP contribution < -0.4 is 14.8 Å². The Hall–Kier alpha value is -2.61. The maximum atomic E-state index is 12.5. The molecule has 3 heterocycles. The number of benzene rings is 1. The number of imide groups is 1. The van der Waals surface area contributed by atoms with Crippen LogP contribution in [0.4, 0.5) is 0 Å². The van der Waals surface area contributed by atoms with Gasteiger partial charge in [0, 0.05) is 25.6 Å². The Labute approximate surface area is 201 Å². The summed E-state index contributed by atoms with van der Waals surface area (Å²) in [4.78, 5) is 38.3. The second-order valence-electron chi connectivity index (χ2n) is 10.3. The van der Waals surface area contributed by atoms with Gasteiger partial charge in [-0.1, -0.05) is 13.8 Å². The minimum atomic E-state index is -0.610. The van der Waals surface area contributed by atoms with E-state index < -0.39 is 11.9 Å². The van der Waals surface area contributed by atoms with Crippen molar-refractivity contribution in [2.45, 2.75) is 52.0 Å². The van der Waals surface area contributed by atoms with E-state index in [1.54, 1.807) is 14.2 Å². The van der Waals surface area contributed by atoms with Crippen molar-refractivity contribution >= 4 is 17.8 Å². The summed E-state index contributed by atoms with van der Waals surface area (Å²) in [6.45, 7) is 6.77. The highest BCUT2D eigenvalue weighted by atomic mass is 16.5. The minimum absolute atomic E-state index is 0.0471. The molecule has 2 saturated heterocycles. The topological polar surface area (TPSA) is 94.2 Å². The van der Waals surface area contributed by atoms with Crippen molar-refractivity contribution in [3.8, 4) is 11.5 Å². The summed E-state index contributed by atoms with van der Waals surface area (Å²) in [5, 5.41) is 2.25. The SMILES string of the molecule is COc1cc2c(cc1OC)[C@H]1C[C@@H](COC(=O)C[C@@H]3CC(=O)NC3=O)[C@H](CC(C)C)CN1CC2. The van der Waals surface area contributed by atoms with Gasteiger partial charge < -0.3 is 14.2 Å². The quantitative estimate of drug-likeness (QED) is 0.459. The Balaban J connectivity index is 1.48. The van der Waals surface area contributed by atoms with E-state index in [0.717, 1.165) is 43.9 Å². The first-order valence-corrected chi connectivity index (χ1v) is 12.3. The largest absolute Gasteiger partial charge is 0.493 e. The minimum Gasteiger partial charge on any atom is -0.493 e. The summed E-state index contributed by atoms with van der Waals surface area (Å²) < 4.78 is 16.8. The molecular formula is C26H36N2O6. The second-order valence-corrected chi connectivity index (χ2v) is 10.3. The third-order valence-electron chi connectivity index (χ3n) is 7.49. The van der Waals surface area contributed by atoms with Gasteiger partial charge in [0.2, 0.25) is 11.8 Å². The number of hydrogen-bond acceptors (Lipinski definition) is 7. The zero-order valence-corrected chi connectivity index (χ0v) is 20.6. The number of nitrogens with zero attached hydrogens (tertiary/aromatic N) is 1. The number of nitrogens with one attached hydrogen (secondary N) is 1. The fraction of sp³-hybridized carbons (Fsp3) is 0.654. The third-order valence-corrected chi connectivity index (χ3v) is 7.49. The van der Waals surface area contributed by atoms with Gasteiger partial charge in [0.1, 0.15) is 0 Å². The fourth-order valence-corrected chi connectivity index (χ4v) is 5.81. The van der Waals surface area contributed by atoms with Gasteiger partial charge in [-0.2, -0.15) is 0 Å². The number of rotatable bonds is 8. The smallest absolute Gasteiger partial charge is 0.306 e. The van der Waals surface area contributed by atoms with Crippen molar-refractivity contribution in [2.24, 2.45) is 23.7 Å². The van der Waals surface area contributed by atoms with E-state index >= 15 is 0 Å². The molecule has 0 spiro atoms. The standard InChI is InChI=1S/C26H36N2O6/c1-15(2)7-18-13-28-6-5-16-9-22(32-3)23(33-4)12-20(16)21(28)8-19(18)14-34-25(30)11-17-10-24(29)27-26(17)31/h9,12,15,17-19,21H,5-8,10-11,13-14H2,1-4H3,(H,27,29,31)/t17-,18+,19-,21+/m0/s1. The third kappa shape index (κ3) is 5.22. The van der Waals surface area contributed by atoms with E-state index in [-0.39, 0.29) is 36.6 Å². The molecule has 0 saturated carbocycles. The van der Waals surface area contributed by atoms with Crippen LogP contribution in [0.25, 0.3) is 0 Å². The molecule has 1 aromatic rings. The van der Waals surface area contributed by atoms with Gasteiger partial charge in [0.05, 0.1) is 33.2 Å². The van der Waals surface area contributed by atoms with Crippen LogP contribution in [0, 0.1) is 23.7 Å². The lowest BCUT2D eigenvalue weighted by molar-refractivity contribution is -0.149. The Morgan fingerprint density at radius 2 is 1.88 bits per heavy atom. The van der Waals surface area contributed by atoms with Crippen molar-refractivity contribution in [3.05, 3.63) is 23.3 Å². The average molecular weight is 473 g/mol. The van der Waals surface area contributed by atoms with Gasteiger partial charge in [-0.25, -0.2) is 0 Å². The lowest BCUT2D eigenvalue weighted by Gasteiger charge is -2.47. The highest BCUT2D eigenvalue weighted by molar-refractivity contribution is 6.04. The van der Waals surface area contributed by atoms with Crippen molar-refractivity contribution in [1.29, 1.82) is 0 Å². The lowest BCUT2D eigenvalue weighted by Crippen LogP contribution is -2.47. The zero-order chi connectivity index (χ0) is 24.4. The van der Waals surface area contributed by atoms with Crippen LogP contribution in [0.5, 0.6) is 11.5 Å². The maximum absolute atomic E-state index is 12.5. The number of methoxy groups -OCH3 is 2. The second kappa shape index (κ2) is 10.3. The Morgan fingerprint density at radius 1 is 1.15 bits per heavy atom. The Morgan fingerprint density at radius 3 is 2.53 bits per heavy atom. The van der Waals surface area contributed by atoms with Crippen molar-refractivity contribution < 1.29 is 28.6 Å². The van der Waals surface area contributed by atoms with Crippen LogP contribution in [0.15, 0.2) is 12.1 Å². The number of carbonyl (C=O) groups excluding carboxylic acids is 3. The summed E-state index contributed by atoms with van der Waals surface area (Å²) >= 11 is 0. The summed E-state index contributed by atoms with van der Waals surface area (Å²) in [7, 11) is 3.32. The first-order chi connectivity index (χ1) is 16.3. The average Bonchev–Trinajstić information content (AvgIpc) is 3.12. The molecule has 0 bridgehead atoms. The van der Waals surface area contributed by atoms with Gasteiger partial charge in [0.25, 0.3) is 0 Å². The molecule has 34 heavy (non-hydrogen) atoms. The number of piperidine rings is 1. The molecule has 1 aromatic carbocycles. The molecule has 3 aliphatic heterocycles. The molecule has 4 rings (SSSR count). The molecule has 1 N–H and O–H groups in total. The van der Waals surface area contributed by atoms with Gasteiger partial charge in [-0.3, -0.25) is 24.6 Å². The highest BCUT2D eigenvalue weighted by Gasteiger charge is 2.40. The van der Waals surface area contributed by atoms with Crippen LogP contribution in [0.2, 0.25) is 0 Å². The van der Waals surface area contributed by atoms with E-state index in [9.17, 15) is 14.4 Å². The molecule has 2 amide bonds. The number of ether oxygens (including phenoxy) is 3. The predicted octanol–water partition coefficient (Wildman–Crippen LogP) is 2.88. The first-order valence-electron chi connectivity index (χ1n) is 12.3. The predicted molar refractivity (Wildman–Crippen MR) is 125 cm³/mol. The van der Waals surface area contributed by atoms with E-state index in [2.05, 4.69) is 36.2 Å². The molecule has 0 aliphatic carbocycles. The molecule has 3 aliphatic rings. The zero-order valence-electron chi connectivity index (χ0n) is 20.6. The van der Waals surface area contributed by atoms with Crippen molar-refractivity contribution in [3.63, 3.8) is 0 Å². The molecule has 0 unspecified atom stereocenters. The van der Waals surface area contributed by atoms with Crippen LogP contribution in [-0.2, 0) is 25.5 Å². The molecule has 8 nitrogen and oxygen atoms in total. The monoisotopic (exact) mass is 472 g/mol. The van der Waals surface area contributed by atoms with E-state index in [1.807, 2.05) is 0 Å². The number of carbonyl (C=O) groups is 3. The number of hydrogen-bond donors (Lipinski definition) is 1. The molecule has 0 aromatic heterocycles. The van der Waals surface area contributed by atoms with Gasteiger partial charge in [-0.05, 0) is 60.3 Å². The summed E-state index contributed by atoms with van der Waals surface area (Å²) in [6, 6.07) is 4.44. The van der Waals surface area contributed by atoms with Crippen LogP contribution in [0.3, 0.4) is 0 Å². The molecule has 0 radical (unpaired) electrons. The fourth-order valence-electron chi connectivity index (χ4n) is 5.81. The molecular weight excluding hydrogens is 436 g/mol. The van der Waals surface area contributed by atoms with Crippen molar-refractivity contribution in [1.82, 2.24) is 10.2 Å². The number of fused-ring (bicyclic) bond motifs is 3. The van der Waals surface area contributed by atoms with Gasteiger partial charge >= 0.3 is 5.97 Å². The number of amides is 2. The lowest BCUT2D eigenvalue weighted by atomic mass is 9.74. The summed E-state index contributed by atoms with van der Waals surface area (Å²) in [5.74, 6) is 0.980. The first kappa shape index (κ1) is 24.5. The van der Waals surface area contributed by atoms with Gasteiger partial charge in [-0.15, -0.1) is 0 Å². The van der Waals surface area contributed by atoms with E-state index in [0.29, 0.717) is 18.4 Å². The molecule has 2 fully saturated rings. The maximum Gasteiger partial charge on any atom is 0.306 e. The van der Waals surface area contributed by atoms with E-state index in [4.69, 9.17) is 14.2 Å². The molecule has 186 valence electrons. The number of esters is 1.